The van der Waals surface area contributed by atoms with E-state index in [2.05, 4.69) is 20.0 Å². The first-order chi connectivity index (χ1) is 18.8. The number of anilines is 1. The number of rotatable bonds is 6. The Morgan fingerprint density at radius 3 is 2.62 bits per heavy atom. The Labute approximate surface area is 221 Å². The van der Waals surface area contributed by atoms with Crippen molar-refractivity contribution in [3.8, 4) is 22.4 Å². The van der Waals surface area contributed by atoms with E-state index in [0.717, 1.165) is 42.9 Å². The molecule has 0 bridgehead atoms. The van der Waals surface area contributed by atoms with Crippen LogP contribution in [0.1, 0.15) is 18.9 Å². The normalized spacial score (nSPS) is 14.6. The molecule has 0 atom stereocenters. The highest BCUT2D eigenvalue weighted by molar-refractivity contribution is 7.92. The number of pyridine rings is 1. The molecule has 0 spiro atoms. The van der Waals surface area contributed by atoms with Gasteiger partial charge in [-0.2, -0.15) is 5.10 Å². The Hall–Kier alpha value is -4.16. The van der Waals surface area contributed by atoms with Crippen LogP contribution in [0.3, 0.4) is 0 Å². The van der Waals surface area contributed by atoms with E-state index in [0.29, 0.717) is 29.0 Å². The summed E-state index contributed by atoms with van der Waals surface area (Å²) >= 11 is 0. The Kier molecular flexibility index (Phi) is 6.35. The molecule has 1 saturated heterocycles. The largest absolute Gasteiger partial charge is 0.346 e. The first kappa shape index (κ1) is 25.1. The maximum Gasteiger partial charge on any atom is 0.265 e. The highest BCUT2D eigenvalue weighted by atomic mass is 32.2. The molecule has 0 unspecified atom stereocenters. The third kappa shape index (κ3) is 4.66. The van der Waals surface area contributed by atoms with Crippen molar-refractivity contribution in [3.05, 3.63) is 84.6 Å². The smallest absolute Gasteiger partial charge is 0.265 e. The van der Waals surface area contributed by atoms with Crippen LogP contribution in [0.25, 0.3) is 33.4 Å². The van der Waals surface area contributed by atoms with E-state index in [1.54, 1.807) is 12.4 Å². The molecule has 5 aromatic rings. The zero-order valence-corrected chi connectivity index (χ0v) is 21.3. The lowest BCUT2D eigenvalue weighted by Crippen LogP contribution is -2.29. The molecule has 0 amide bonds. The molecule has 39 heavy (non-hydrogen) atoms. The molecule has 12 heteroatoms. The lowest BCUT2D eigenvalue weighted by molar-refractivity contribution is 0.343. The molecule has 4 heterocycles. The average molecular weight is 553 g/mol. The minimum absolute atomic E-state index is 0.0538. The summed E-state index contributed by atoms with van der Waals surface area (Å²) in [5.74, 6) is -2.99. The fourth-order valence-electron chi connectivity index (χ4n) is 4.92. The molecule has 3 N–H and O–H groups in total. The average Bonchev–Trinajstić information content (AvgIpc) is 3.59. The number of benzene rings is 2. The van der Waals surface area contributed by atoms with Gasteiger partial charge in [0.15, 0.2) is 5.82 Å². The molecule has 6 rings (SSSR count). The molecule has 1 aliphatic rings. The molecular weight excluding hydrogens is 529 g/mol. The van der Waals surface area contributed by atoms with E-state index in [9.17, 15) is 17.2 Å². The lowest BCUT2D eigenvalue weighted by Gasteiger charge is -2.22. The molecular formula is C27H23F3N6O2S. The molecule has 0 aliphatic carbocycles. The van der Waals surface area contributed by atoms with E-state index in [-0.39, 0.29) is 11.6 Å². The van der Waals surface area contributed by atoms with Crippen LogP contribution in [0.2, 0.25) is 0 Å². The zero-order chi connectivity index (χ0) is 27.1. The van der Waals surface area contributed by atoms with Crippen molar-refractivity contribution in [2.24, 2.45) is 0 Å². The van der Waals surface area contributed by atoms with Gasteiger partial charge in [0.1, 0.15) is 27.9 Å². The van der Waals surface area contributed by atoms with E-state index >= 15 is 4.39 Å². The van der Waals surface area contributed by atoms with Crippen molar-refractivity contribution < 1.29 is 21.6 Å². The van der Waals surface area contributed by atoms with Crippen LogP contribution >= 0.6 is 0 Å². The Morgan fingerprint density at radius 2 is 1.79 bits per heavy atom. The van der Waals surface area contributed by atoms with E-state index in [1.807, 2.05) is 23.0 Å². The third-order valence-electron chi connectivity index (χ3n) is 6.85. The van der Waals surface area contributed by atoms with Gasteiger partial charge >= 0.3 is 0 Å². The number of aromatic nitrogens is 4. The fourth-order valence-corrected chi connectivity index (χ4v) is 6.07. The van der Waals surface area contributed by atoms with Crippen LogP contribution in [0.4, 0.5) is 18.9 Å². The van der Waals surface area contributed by atoms with Crippen LogP contribution < -0.4 is 10.0 Å². The highest BCUT2D eigenvalue weighted by Gasteiger charge is 2.26. The van der Waals surface area contributed by atoms with Crippen LogP contribution in [-0.2, 0) is 10.0 Å². The van der Waals surface area contributed by atoms with Crippen LogP contribution in [0.5, 0.6) is 0 Å². The van der Waals surface area contributed by atoms with E-state index in [1.165, 1.54) is 18.2 Å². The molecule has 3 aromatic heterocycles. The van der Waals surface area contributed by atoms with Gasteiger partial charge in [0, 0.05) is 35.1 Å². The SMILES string of the molecule is O=S(=O)(Nc1cccc(-c2nn(C3CCNCC3)cc2-c2ccnc3[nH]ccc23)c1F)c1cc(F)ccc1F. The number of nitrogens with one attached hydrogen (secondary N) is 3. The predicted molar refractivity (Wildman–Crippen MR) is 141 cm³/mol. The summed E-state index contributed by atoms with van der Waals surface area (Å²) in [5.41, 5.74) is 2.04. The number of H-pyrrole nitrogens is 1. The summed E-state index contributed by atoms with van der Waals surface area (Å²) in [5, 5.41) is 8.93. The van der Waals surface area contributed by atoms with Crippen LogP contribution in [0.15, 0.2) is 72.0 Å². The standard InChI is InChI=1S/C27H23F3N6O2S/c28-16-4-5-22(29)24(14-16)39(37,38)35-23-3-1-2-20(25(23)30)26-21(15-36(34-26)17-6-10-31-11-7-17)18-8-12-32-27-19(18)9-13-33-27/h1-5,8-9,12-15,17,31,35H,6-7,10-11H2,(H,32,33). The summed E-state index contributed by atoms with van der Waals surface area (Å²) in [6.45, 7) is 1.66. The van der Waals surface area contributed by atoms with Crippen molar-refractivity contribution in [1.29, 1.82) is 0 Å². The topological polar surface area (TPSA) is 105 Å². The molecule has 2 aromatic carbocycles. The molecule has 200 valence electrons. The zero-order valence-electron chi connectivity index (χ0n) is 20.5. The lowest BCUT2D eigenvalue weighted by atomic mass is 9.99. The number of aromatic amines is 1. The van der Waals surface area contributed by atoms with Gasteiger partial charge in [-0.05, 0) is 74.0 Å². The van der Waals surface area contributed by atoms with Gasteiger partial charge in [-0.15, -0.1) is 0 Å². The highest BCUT2D eigenvalue weighted by Crippen LogP contribution is 2.39. The Balaban J connectivity index is 1.47. The van der Waals surface area contributed by atoms with Gasteiger partial charge in [0.25, 0.3) is 10.0 Å². The van der Waals surface area contributed by atoms with Crippen molar-refractivity contribution >= 4 is 26.7 Å². The maximum absolute atomic E-state index is 16.0. The van der Waals surface area contributed by atoms with Gasteiger partial charge in [-0.1, -0.05) is 6.07 Å². The number of nitrogens with zero attached hydrogens (tertiary/aromatic N) is 3. The summed E-state index contributed by atoms with van der Waals surface area (Å²) in [6, 6.07) is 10.0. The van der Waals surface area contributed by atoms with Crippen molar-refractivity contribution in [2.75, 3.05) is 17.8 Å². The molecule has 0 saturated carbocycles. The predicted octanol–water partition coefficient (Wildman–Crippen LogP) is 5.24. The number of sulfonamides is 1. The molecule has 8 nitrogen and oxygen atoms in total. The monoisotopic (exact) mass is 552 g/mol. The summed E-state index contributed by atoms with van der Waals surface area (Å²) in [4.78, 5) is 6.49. The maximum atomic E-state index is 16.0. The quantitative estimate of drug-likeness (QED) is 0.267. The molecule has 1 fully saturated rings. The second-order valence-electron chi connectivity index (χ2n) is 9.30. The number of fused-ring (bicyclic) bond motifs is 1. The van der Waals surface area contributed by atoms with Gasteiger partial charge in [0.2, 0.25) is 0 Å². The fraction of sp³-hybridized carbons (Fsp3) is 0.185. The van der Waals surface area contributed by atoms with Crippen LogP contribution in [0, 0.1) is 17.5 Å². The number of halogens is 3. The number of hydrogen-bond acceptors (Lipinski definition) is 5. The van der Waals surface area contributed by atoms with E-state index < -0.39 is 38.1 Å². The Bertz CT molecular complexity index is 1790. The van der Waals surface area contributed by atoms with Crippen molar-refractivity contribution in [1.82, 2.24) is 25.1 Å². The minimum atomic E-state index is -4.63. The van der Waals surface area contributed by atoms with Crippen molar-refractivity contribution in [2.45, 2.75) is 23.8 Å². The summed E-state index contributed by atoms with van der Waals surface area (Å²) in [6.07, 6.45) is 6.98. The summed E-state index contributed by atoms with van der Waals surface area (Å²) in [7, 11) is -4.63. The van der Waals surface area contributed by atoms with Gasteiger partial charge in [-0.3, -0.25) is 9.40 Å². The second-order valence-corrected chi connectivity index (χ2v) is 10.9. The third-order valence-corrected chi connectivity index (χ3v) is 8.23. The summed E-state index contributed by atoms with van der Waals surface area (Å²) < 4.78 is 73.6. The first-order valence-electron chi connectivity index (χ1n) is 12.3. The second kappa shape index (κ2) is 9.86. The van der Waals surface area contributed by atoms with Gasteiger partial charge in [0.05, 0.1) is 11.7 Å². The van der Waals surface area contributed by atoms with Crippen molar-refractivity contribution in [3.63, 3.8) is 0 Å². The minimum Gasteiger partial charge on any atom is -0.346 e. The van der Waals surface area contributed by atoms with Crippen LogP contribution in [-0.4, -0.2) is 41.3 Å². The molecule has 1 aliphatic heterocycles. The first-order valence-corrected chi connectivity index (χ1v) is 13.8. The Morgan fingerprint density at radius 1 is 0.974 bits per heavy atom. The van der Waals surface area contributed by atoms with Gasteiger partial charge < -0.3 is 10.3 Å². The van der Waals surface area contributed by atoms with E-state index in [4.69, 9.17) is 5.10 Å². The van der Waals surface area contributed by atoms with Gasteiger partial charge in [-0.25, -0.2) is 26.6 Å². The number of hydrogen-bond donors (Lipinski definition) is 3. The number of piperidine rings is 1. The molecule has 0 radical (unpaired) electrons.